The Kier molecular flexibility index (Phi) is 4.94. The number of fused-ring (bicyclic) bond motifs is 1. The monoisotopic (exact) mass is 398 g/mol. The highest BCUT2D eigenvalue weighted by Crippen LogP contribution is 2.32. The lowest BCUT2D eigenvalue weighted by atomic mass is 10.2. The first kappa shape index (κ1) is 18.3. The molecular weight excluding hydrogens is 380 g/mol. The highest BCUT2D eigenvalue weighted by molar-refractivity contribution is 6.35. The van der Waals surface area contributed by atoms with Crippen molar-refractivity contribution >= 4 is 28.3 Å². The largest absolute Gasteiger partial charge is 0.481 e. The number of hydrogen-bond donors (Lipinski definition) is 2. The van der Waals surface area contributed by atoms with Crippen LogP contribution < -0.4 is 20.5 Å². The van der Waals surface area contributed by atoms with Gasteiger partial charge in [-0.1, -0.05) is 17.5 Å². The van der Waals surface area contributed by atoms with E-state index in [9.17, 15) is 0 Å². The number of nitrogen functional groups attached to an aromatic ring is 1. The number of pyridine rings is 2. The number of anilines is 1. The molecule has 0 aliphatic carbocycles. The second-order valence-electron chi connectivity index (χ2n) is 6.35. The third kappa shape index (κ3) is 3.30. The van der Waals surface area contributed by atoms with Gasteiger partial charge in [-0.3, -0.25) is 4.68 Å². The molecular formula is C19H19ClN6O2. The molecule has 3 aromatic rings. The maximum Gasteiger partial charge on any atom is 0.217 e. The minimum Gasteiger partial charge on any atom is -0.481 e. The number of methoxy groups -OCH3 is 2. The van der Waals surface area contributed by atoms with E-state index in [-0.39, 0.29) is 6.04 Å². The second-order valence-corrected chi connectivity index (χ2v) is 6.75. The molecule has 9 heteroatoms. The molecule has 3 N–H and O–H groups in total. The van der Waals surface area contributed by atoms with E-state index in [0.29, 0.717) is 39.2 Å². The van der Waals surface area contributed by atoms with Crippen LogP contribution in [0.25, 0.3) is 10.9 Å². The minimum absolute atomic E-state index is 0.193. The summed E-state index contributed by atoms with van der Waals surface area (Å²) in [6, 6.07) is 3.65. The highest BCUT2D eigenvalue weighted by Gasteiger charge is 2.24. The number of aromatic nitrogens is 4. The molecule has 0 saturated carbocycles. The van der Waals surface area contributed by atoms with Gasteiger partial charge in [0.1, 0.15) is 11.5 Å². The van der Waals surface area contributed by atoms with Gasteiger partial charge in [0, 0.05) is 24.2 Å². The van der Waals surface area contributed by atoms with Crippen molar-refractivity contribution in [1.82, 2.24) is 25.1 Å². The Bertz CT molecular complexity index is 1070. The molecule has 8 nitrogen and oxygen atoms in total. The van der Waals surface area contributed by atoms with Gasteiger partial charge in [0.2, 0.25) is 11.8 Å². The van der Waals surface area contributed by atoms with Crippen LogP contribution >= 0.6 is 11.6 Å². The zero-order valence-corrected chi connectivity index (χ0v) is 16.2. The van der Waals surface area contributed by atoms with Crippen molar-refractivity contribution < 1.29 is 9.47 Å². The quantitative estimate of drug-likeness (QED) is 0.651. The number of rotatable bonds is 3. The molecule has 0 spiro atoms. The Morgan fingerprint density at radius 2 is 2.00 bits per heavy atom. The number of hydrogen-bond acceptors (Lipinski definition) is 7. The number of nitrogens with one attached hydrogen (secondary N) is 1. The summed E-state index contributed by atoms with van der Waals surface area (Å²) < 4.78 is 12.3. The fraction of sp³-hybridized carbons (Fsp3) is 0.316. The van der Waals surface area contributed by atoms with Crippen molar-refractivity contribution in [2.24, 2.45) is 0 Å². The van der Waals surface area contributed by atoms with Gasteiger partial charge in [-0.25, -0.2) is 4.98 Å². The molecule has 28 heavy (non-hydrogen) atoms. The van der Waals surface area contributed by atoms with Gasteiger partial charge in [-0.15, -0.1) is 0 Å². The normalized spacial score (nSPS) is 16.0. The molecule has 0 radical (unpaired) electrons. The molecule has 0 bridgehead atoms. The van der Waals surface area contributed by atoms with Crippen LogP contribution in [0.5, 0.6) is 11.8 Å². The summed E-state index contributed by atoms with van der Waals surface area (Å²) in [5.41, 5.74) is 8.12. The van der Waals surface area contributed by atoms with Crippen LogP contribution in [-0.4, -0.2) is 47.1 Å². The predicted octanol–water partition coefficient (Wildman–Crippen LogP) is 2.01. The van der Waals surface area contributed by atoms with Crippen LogP contribution in [-0.2, 0) is 0 Å². The van der Waals surface area contributed by atoms with Crippen molar-refractivity contribution in [2.75, 3.05) is 33.0 Å². The zero-order chi connectivity index (χ0) is 19.7. The van der Waals surface area contributed by atoms with Crippen molar-refractivity contribution in [3.8, 4) is 23.6 Å². The van der Waals surface area contributed by atoms with Crippen LogP contribution in [0.2, 0.25) is 5.02 Å². The molecule has 0 unspecified atom stereocenters. The molecule has 144 valence electrons. The minimum atomic E-state index is 0.193. The van der Waals surface area contributed by atoms with Crippen molar-refractivity contribution in [1.29, 1.82) is 0 Å². The predicted molar refractivity (Wildman–Crippen MR) is 107 cm³/mol. The Hall–Kier alpha value is -3.02. The van der Waals surface area contributed by atoms with E-state index < -0.39 is 0 Å². The average Bonchev–Trinajstić information content (AvgIpc) is 3.37. The maximum atomic E-state index is 6.43. The molecule has 0 amide bonds. The summed E-state index contributed by atoms with van der Waals surface area (Å²) in [4.78, 5) is 8.35. The lowest BCUT2D eigenvalue weighted by molar-refractivity contribution is 0.364. The van der Waals surface area contributed by atoms with Crippen LogP contribution in [0, 0.1) is 11.8 Å². The second kappa shape index (κ2) is 7.54. The molecule has 4 heterocycles. The average molecular weight is 399 g/mol. The van der Waals surface area contributed by atoms with Crippen LogP contribution in [0.15, 0.2) is 18.3 Å². The van der Waals surface area contributed by atoms with Gasteiger partial charge in [0.15, 0.2) is 0 Å². The zero-order valence-electron chi connectivity index (χ0n) is 15.5. The van der Waals surface area contributed by atoms with Gasteiger partial charge in [0.05, 0.1) is 42.4 Å². The Morgan fingerprint density at radius 1 is 1.25 bits per heavy atom. The molecule has 1 aliphatic rings. The van der Waals surface area contributed by atoms with E-state index in [2.05, 4.69) is 27.1 Å². The number of nitrogens with zero attached hydrogens (tertiary/aromatic N) is 4. The number of ether oxygens (including phenoxy) is 2. The lowest BCUT2D eigenvalue weighted by Gasteiger charge is -2.11. The van der Waals surface area contributed by atoms with E-state index in [1.54, 1.807) is 18.3 Å². The van der Waals surface area contributed by atoms with Crippen LogP contribution in [0.1, 0.15) is 23.7 Å². The molecule has 4 rings (SSSR count). The van der Waals surface area contributed by atoms with E-state index in [1.165, 1.54) is 14.2 Å². The van der Waals surface area contributed by atoms with Gasteiger partial charge in [-0.2, -0.15) is 10.1 Å². The van der Waals surface area contributed by atoms with Crippen molar-refractivity contribution in [3.05, 3.63) is 34.6 Å². The SMILES string of the molecule is COc1cc(C#Cc2nn([C@H]3CCNC3)c3c(Cl)cnc(N)c23)cc(OC)n1. The third-order valence-electron chi connectivity index (χ3n) is 4.61. The molecule has 0 aromatic carbocycles. The Labute approximate surface area is 167 Å². The first-order valence-electron chi connectivity index (χ1n) is 8.75. The van der Waals surface area contributed by atoms with Crippen LogP contribution in [0.4, 0.5) is 5.82 Å². The smallest absolute Gasteiger partial charge is 0.217 e. The van der Waals surface area contributed by atoms with Gasteiger partial charge in [0.25, 0.3) is 0 Å². The fourth-order valence-corrected chi connectivity index (χ4v) is 3.48. The van der Waals surface area contributed by atoms with E-state index >= 15 is 0 Å². The van der Waals surface area contributed by atoms with E-state index in [0.717, 1.165) is 25.0 Å². The van der Waals surface area contributed by atoms with Gasteiger partial charge < -0.3 is 20.5 Å². The Balaban J connectivity index is 1.85. The summed E-state index contributed by atoms with van der Waals surface area (Å²) in [5, 5.41) is 9.22. The fourth-order valence-electron chi connectivity index (χ4n) is 3.25. The highest BCUT2D eigenvalue weighted by atomic mass is 35.5. The summed E-state index contributed by atoms with van der Waals surface area (Å²) in [6.07, 6.45) is 2.51. The Morgan fingerprint density at radius 3 is 2.64 bits per heavy atom. The van der Waals surface area contributed by atoms with E-state index in [1.807, 2.05) is 4.68 Å². The molecule has 3 aromatic heterocycles. The van der Waals surface area contributed by atoms with E-state index in [4.69, 9.17) is 31.9 Å². The topological polar surface area (TPSA) is 100 Å². The lowest BCUT2D eigenvalue weighted by Crippen LogP contribution is -2.14. The summed E-state index contributed by atoms with van der Waals surface area (Å²) in [6.45, 7) is 1.75. The van der Waals surface area contributed by atoms with Gasteiger partial charge >= 0.3 is 0 Å². The van der Waals surface area contributed by atoms with Gasteiger partial charge in [-0.05, 0) is 18.9 Å². The summed E-state index contributed by atoms with van der Waals surface area (Å²) >= 11 is 6.43. The first-order valence-corrected chi connectivity index (χ1v) is 9.13. The molecule has 1 aliphatic heterocycles. The summed E-state index contributed by atoms with van der Waals surface area (Å²) in [5.74, 6) is 7.37. The standard InChI is InChI=1S/C19H19ClN6O2/c1-27-15-7-11(8-16(24-15)28-2)3-4-14-17-18(13(20)10-23-19(17)21)26(25-14)12-5-6-22-9-12/h7-8,10,12,22H,5-6,9H2,1-2H3,(H2,21,23)/t12-/m0/s1. The number of nitrogens with two attached hydrogens (primary N) is 1. The first-order chi connectivity index (χ1) is 13.6. The molecule has 1 fully saturated rings. The third-order valence-corrected chi connectivity index (χ3v) is 4.89. The number of halogens is 1. The maximum absolute atomic E-state index is 6.43. The van der Waals surface area contributed by atoms with Crippen LogP contribution in [0.3, 0.4) is 0 Å². The molecule has 1 saturated heterocycles. The molecule has 1 atom stereocenters. The summed E-state index contributed by atoms with van der Waals surface area (Å²) in [7, 11) is 3.08. The van der Waals surface area contributed by atoms with Crippen molar-refractivity contribution in [3.63, 3.8) is 0 Å². The van der Waals surface area contributed by atoms with Crippen molar-refractivity contribution in [2.45, 2.75) is 12.5 Å².